The SMILES string of the molecule is CCN1C(=O)NC(=Cc2cc(OC)c3c(c2)OCO3)C1=O. The number of nitrogens with one attached hydrogen (secondary N) is 1. The Balaban J connectivity index is 1.97. The summed E-state index contributed by atoms with van der Waals surface area (Å²) in [5.74, 6) is 1.25. The minimum absolute atomic E-state index is 0.130. The molecule has 3 amide bonds. The van der Waals surface area contributed by atoms with Crippen molar-refractivity contribution in [1.29, 1.82) is 0 Å². The van der Waals surface area contributed by atoms with Gasteiger partial charge in [-0.2, -0.15) is 0 Å². The fraction of sp³-hybridized carbons (Fsp3) is 0.286. The maximum atomic E-state index is 12.0. The van der Waals surface area contributed by atoms with E-state index in [1.807, 2.05) is 0 Å². The van der Waals surface area contributed by atoms with Crippen LogP contribution in [-0.4, -0.2) is 37.3 Å². The predicted octanol–water partition coefficient (Wildman–Crippen LogP) is 1.34. The number of fused-ring (bicyclic) bond motifs is 1. The number of rotatable bonds is 3. The van der Waals surface area contributed by atoms with E-state index in [9.17, 15) is 9.59 Å². The lowest BCUT2D eigenvalue weighted by Gasteiger charge is -2.07. The molecule has 3 rings (SSSR count). The van der Waals surface area contributed by atoms with Gasteiger partial charge in [-0.1, -0.05) is 0 Å². The largest absolute Gasteiger partial charge is 0.493 e. The highest BCUT2D eigenvalue weighted by Gasteiger charge is 2.32. The van der Waals surface area contributed by atoms with E-state index in [1.165, 1.54) is 7.11 Å². The van der Waals surface area contributed by atoms with Crippen LogP contribution in [0.2, 0.25) is 0 Å². The standard InChI is InChI=1S/C14H14N2O5/c1-3-16-13(17)9(15-14(16)18)4-8-5-10(19-2)12-11(6-8)20-7-21-12/h4-6H,3,7H2,1-2H3,(H,15,18). The highest BCUT2D eigenvalue weighted by Crippen LogP contribution is 2.42. The Bertz CT molecular complexity index is 653. The van der Waals surface area contributed by atoms with Crippen molar-refractivity contribution < 1.29 is 23.8 Å². The summed E-state index contributed by atoms with van der Waals surface area (Å²) in [6.45, 7) is 2.20. The molecule has 110 valence electrons. The van der Waals surface area contributed by atoms with Crippen molar-refractivity contribution in [3.63, 3.8) is 0 Å². The molecule has 2 heterocycles. The van der Waals surface area contributed by atoms with Crippen LogP contribution in [0.1, 0.15) is 12.5 Å². The first-order valence-electron chi connectivity index (χ1n) is 6.46. The van der Waals surface area contributed by atoms with Gasteiger partial charge in [0.1, 0.15) is 5.70 Å². The summed E-state index contributed by atoms with van der Waals surface area (Å²) < 4.78 is 15.9. The molecule has 0 atom stereocenters. The Hall–Kier alpha value is -2.70. The van der Waals surface area contributed by atoms with E-state index < -0.39 is 6.03 Å². The molecule has 1 saturated heterocycles. The number of amides is 3. The average Bonchev–Trinajstić information content (AvgIpc) is 3.03. The predicted molar refractivity (Wildman–Crippen MR) is 73.0 cm³/mol. The summed E-state index contributed by atoms with van der Waals surface area (Å²) in [6, 6.07) is 3.03. The van der Waals surface area contributed by atoms with Crippen LogP contribution < -0.4 is 19.5 Å². The molecule has 0 unspecified atom stereocenters. The van der Waals surface area contributed by atoms with Gasteiger partial charge < -0.3 is 19.5 Å². The van der Waals surface area contributed by atoms with Crippen molar-refractivity contribution in [1.82, 2.24) is 10.2 Å². The summed E-state index contributed by atoms with van der Waals surface area (Å²) in [4.78, 5) is 24.8. The highest BCUT2D eigenvalue weighted by molar-refractivity contribution is 6.13. The molecule has 7 nitrogen and oxygen atoms in total. The minimum Gasteiger partial charge on any atom is -0.493 e. The molecule has 1 N–H and O–H groups in total. The highest BCUT2D eigenvalue weighted by atomic mass is 16.7. The van der Waals surface area contributed by atoms with Crippen LogP contribution in [0.15, 0.2) is 17.8 Å². The molecule has 2 aliphatic rings. The number of benzene rings is 1. The molecule has 21 heavy (non-hydrogen) atoms. The van der Waals surface area contributed by atoms with Crippen molar-refractivity contribution in [3.8, 4) is 17.2 Å². The van der Waals surface area contributed by atoms with E-state index in [2.05, 4.69) is 5.32 Å². The molecule has 0 radical (unpaired) electrons. The zero-order chi connectivity index (χ0) is 15.0. The van der Waals surface area contributed by atoms with Crippen molar-refractivity contribution in [2.24, 2.45) is 0 Å². The fourth-order valence-electron chi connectivity index (χ4n) is 2.26. The Morgan fingerprint density at radius 3 is 2.86 bits per heavy atom. The van der Waals surface area contributed by atoms with E-state index in [0.717, 1.165) is 4.90 Å². The third-order valence-electron chi connectivity index (χ3n) is 3.27. The van der Waals surface area contributed by atoms with Crippen LogP contribution in [0.5, 0.6) is 17.2 Å². The lowest BCUT2D eigenvalue weighted by Crippen LogP contribution is -2.30. The summed E-state index contributed by atoms with van der Waals surface area (Å²) in [5, 5.41) is 2.54. The molecular weight excluding hydrogens is 276 g/mol. The third-order valence-corrected chi connectivity index (χ3v) is 3.27. The number of ether oxygens (including phenoxy) is 3. The van der Waals surface area contributed by atoms with Gasteiger partial charge in [-0.15, -0.1) is 0 Å². The number of likely N-dealkylation sites (N-methyl/N-ethyl adjacent to an activating group) is 1. The zero-order valence-corrected chi connectivity index (χ0v) is 11.6. The lowest BCUT2D eigenvalue weighted by atomic mass is 10.1. The Morgan fingerprint density at radius 2 is 2.19 bits per heavy atom. The van der Waals surface area contributed by atoms with Crippen LogP contribution in [0.3, 0.4) is 0 Å². The number of imide groups is 1. The van der Waals surface area contributed by atoms with Gasteiger partial charge in [0.05, 0.1) is 7.11 Å². The number of urea groups is 1. The van der Waals surface area contributed by atoms with Crippen LogP contribution in [0, 0.1) is 0 Å². The van der Waals surface area contributed by atoms with Gasteiger partial charge in [0.25, 0.3) is 5.91 Å². The van der Waals surface area contributed by atoms with Crippen LogP contribution in [0.4, 0.5) is 4.79 Å². The van der Waals surface area contributed by atoms with E-state index in [4.69, 9.17) is 14.2 Å². The van der Waals surface area contributed by atoms with Gasteiger partial charge in [-0.25, -0.2) is 4.79 Å². The lowest BCUT2D eigenvalue weighted by molar-refractivity contribution is -0.122. The van der Waals surface area contributed by atoms with E-state index >= 15 is 0 Å². The van der Waals surface area contributed by atoms with Gasteiger partial charge in [-0.3, -0.25) is 9.69 Å². The molecule has 0 saturated carbocycles. The molecule has 1 aromatic rings. The van der Waals surface area contributed by atoms with Crippen molar-refractivity contribution in [3.05, 3.63) is 23.4 Å². The van der Waals surface area contributed by atoms with Crippen molar-refractivity contribution >= 4 is 18.0 Å². The van der Waals surface area contributed by atoms with Crippen molar-refractivity contribution in [2.75, 3.05) is 20.4 Å². The van der Waals surface area contributed by atoms with Crippen LogP contribution >= 0.6 is 0 Å². The maximum Gasteiger partial charge on any atom is 0.328 e. The third kappa shape index (κ3) is 2.16. The topological polar surface area (TPSA) is 77.1 Å². The van der Waals surface area contributed by atoms with Gasteiger partial charge in [0, 0.05) is 6.54 Å². The Kier molecular flexibility index (Phi) is 3.17. The molecular formula is C14H14N2O5. The van der Waals surface area contributed by atoms with E-state index in [-0.39, 0.29) is 18.4 Å². The van der Waals surface area contributed by atoms with Crippen molar-refractivity contribution in [2.45, 2.75) is 6.92 Å². The molecule has 0 spiro atoms. The number of nitrogens with zero attached hydrogens (tertiary/aromatic N) is 1. The summed E-state index contributed by atoms with van der Waals surface area (Å²) in [6.07, 6.45) is 1.58. The summed E-state index contributed by atoms with van der Waals surface area (Å²) in [5.41, 5.74) is 0.903. The van der Waals surface area contributed by atoms with Gasteiger partial charge in [0.15, 0.2) is 11.5 Å². The summed E-state index contributed by atoms with van der Waals surface area (Å²) >= 11 is 0. The van der Waals surface area contributed by atoms with Crippen LogP contribution in [-0.2, 0) is 4.79 Å². The second-order valence-electron chi connectivity index (χ2n) is 4.49. The van der Waals surface area contributed by atoms with E-state index in [0.29, 0.717) is 29.4 Å². The molecule has 7 heteroatoms. The van der Waals surface area contributed by atoms with Gasteiger partial charge >= 0.3 is 6.03 Å². The summed E-state index contributed by atoms with van der Waals surface area (Å²) in [7, 11) is 1.52. The fourth-order valence-corrected chi connectivity index (χ4v) is 2.26. The normalized spacial score (nSPS) is 18.4. The van der Waals surface area contributed by atoms with Gasteiger partial charge in [0.2, 0.25) is 12.5 Å². The first-order valence-corrected chi connectivity index (χ1v) is 6.46. The van der Waals surface area contributed by atoms with Crippen LogP contribution in [0.25, 0.3) is 6.08 Å². The molecule has 0 aliphatic carbocycles. The number of carbonyl (C=O) groups excluding carboxylic acids is 2. The number of hydrogen-bond acceptors (Lipinski definition) is 5. The first-order chi connectivity index (χ1) is 10.1. The number of methoxy groups -OCH3 is 1. The second kappa shape index (κ2) is 5.01. The van der Waals surface area contributed by atoms with E-state index in [1.54, 1.807) is 25.1 Å². The molecule has 0 aromatic heterocycles. The monoisotopic (exact) mass is 290 g/mol. The molecule has 2 aliphatic heterocycles. The first kappa shape index (κ1) is 13.3. The molecule has 1 aromatic carbocycles. The smallest absolute Gasteiger partial charge is 0.328 e. The zero-order valence-electron chi connectivity index (χ0n) is 11.6. The Labute approximate surface area is 121 Å². The molecule has 1 fully saturated rings. The number of carbonyl (C=O) groups is 2. The quantitative estimate of drug-likeness (QED) is 0.671. The second-order valence-corrected chi connectivity index (χ2v) is 4.49. The number of hydrogen-bond donors (Lipinski definition) is 1. The molecule has 0 bridgehead atoms. The van der Waals surface area contributed by atoms with Gasteiger partial charge in [-0.05, 0) is 30.7 Å². The maximum absolute atomic E-state index is 12.0. The Morgan fingerprint density at radius 1 is 1.38 bits per heavy atom. The minimum atomic E-state index is -0.415. The average molecular weight is 290 g/mol.